The summed E-state index contributed by atoms with van der Waals surface area (Å²) in [5, 5.41) is 6.16. The van der Waals surface area contributed by atoms with Gasteiger partial charge in [-0.05, 0) is 30.2 Å². The van der Waals surface area contributed by atoms with E-state index in [0.29, 0.717) is 43.9 Å². The third-order valence-corrected chi connectivity index (χ3v) is 6.43. The SMILES string of the molecule is CC[C@]1(c2ccccc2)NC(=O)N(NC(=O)CN2CCN(CC(=O)Nc3cccc(F)c3)CC2)C1=O. The number of hydrogen-bond acceptors (Lipinski definition) is 6. The lowest BCUT2D eigenvalue weighted by Crippen LogP contribution is -2.54. The molecule has 4 rings (SSSR count). The number of carbonyl (C=O) groups is 4. The molecule has 190 valence electrons. The largest absolute Gasteiger partial charge is 0.344 e. The second kappa shape index (κ2) is 10.8. The van der Waals surface area contributed by atoms with Crippen molar-refractivity contribution in [2.75, 3.05) is 44.6 Å². The first-order valence-electron chi connectivity index (χ1n) is 11.8. The summed E-state index contributed by atoms with van der Waals surface area (Å²) in [5.74, 6) is -1.67. The molecule has 36 heavy (non-hydrogen) atoms. The summed E-state index contributed by atoms with van der Waals surface area (Å²) in [6.07, 6.45) is 0.336. The van der Waals surface area contributed by atoms with E-state index in [-0.39, 0.29) is 19.0 Å². The zero-order valence-corrected chi connectivity index (χ0v) is 20.0. The van der Waals surface area contributed by atoms with E-state index in [1.807, 2.05) is 15.9 Å². The Hall–Kier alpha value is -3.83. The predicted octanol–water partition coefficient (Wildman–Crippen LogP) is 1.27. The molecule has 1 atom stereocenters. The molecule has 3 N–H and O–H groups in total. The van der Waals surface area contributed by atoms with E-state index in [9.17, 15) is 23.6 Å². The summed E-state index contributed by atoms with van der Waals surface area (Å²) >= 11 is 0. The second-order valence-electron chi connectivity index (χ2n) is 8.84. The van der Waals surface area contributed by atoms with Crippen LogP contribution in [-0.2, 0) is 19.9 Å². The molecule has 2 aliphatic heterocycles. The molecule has 5 amide bonds. The first-order chi connectivity index (χ1) is 17.3. The van der Waals surface area contributed by atoms with Crippen LogP contribution in [0.5, 0.6) is 0 Å². The van der Waals surface area contributed by atoms with Gasteiger partial charge >= 0.3 is 6.03 Å². The molecule has 2 aliphatic rings. The van der Waals surface area contributed by atoms with Gasteiger partial charge in [-0.2, -0.15) is 5.01 Å². The normalized spacial score (nSPS) is 20.8. The van der Waals surface area contributed by atoms with Gasteiger partial charge in [0.2, 0.25) is 5.91 Å². The van der Waals surface area contributed by atoms with E-state index in [0.717, 1.165) is 5.01 Å². The maximum absolute atomic E-state index is 13.3. The highest BCUT2D eigenvalue weighted by molar-refractivity contribution is 6.08. The molecule has 0 spiro atoms. The lowest BCUT2D eigenvalue weighted by Gasteiger charge is -2.34. The molecule has 0 aromatic heterocycles. The highest BCUT2D eigenvalue weighted by Crippen LogP contribution is 2.31. The van der Waals surface area contributed by atoms with Crippen LogP contribution in [0.1, 0.15) is 18.9 Å². The highest BCUT2D eigenvalue weighted by Gasteiger charge is 2.52. The molecule has 0 aliphatic carbocycles. The number of anilines is 1. The van der Waals surface area contributed by atoms with Crippen molar-refractivity contribution in [1.29, 1.82) is 0 Å². The molecule has 0 saturated carbocycles. The van der Waals surface area contributed by atoms with Crippen molar-refractivity contribution in [2.45, 2.75) is 18.9 Å². The number of amides is 5. The van der Waals surface area contributed by atoms with E-state index in [4.69, 9.17) is 0 Å². The predicted molar refractivity (Wildman–Crippen MR) is 130 cm³/mol. The van der Waals surface area contributed by atoms with Crippen LogP contribution >= 0.6 is 0 Å². The molecule has 0 radical (unpaired) electrons. The molecule has 2 aromatic carbocycles. The zero-order valence-electron chi connectivity index (χ0n) is 20.0. The number of rotatable bonds is 8. The van der Waals surface area contributed by atoms with Crippen LogP contribution in [-0.4, -0.2) is 77.8 Å². The Morgan fingerprint density at radius 3 is 2.19 bits per heavy atom. The van der Waals surface area contributed by atoms with E-state index in [1.165, 1.54) is 18.2 Å². The van der Waals surface area contributed by atoms with Crippen LogP contribution in [0.15, 0.2) is 54.6 Å². The number of hydrogen-bond donors (Lipinski definition) is 3. The van der Waals surface area contributed by atoms with Crippen molar-refractivity contribution in [3.05, 3.63) is 66.0 Å². The molecule has 11 heteroatoms. The number of imide groups is 1. The maximum atomic E-state index is 13.3. The summed E-state index contributed by atoms with van der Waals surface area (Å²) in [6.45, 7) is 4.13. The number of urea groups is 1. The van der Waals surface area contributed by atoms with Crippen LogP contribution in [0.2, 0.25) is 0 Å². The molecular formula is C25H29FN6O4. The number of halogens is 1. The van der Waals surface area contributed by atoms with Gasteiger partial charge in [-0.25, -0.2) is 9.18 Å². The monoisotopic (exact) mass is 496 g/mol. The van der Waals surface area contributed by atoms with Crippen molar-refractivity contribution < 1.29 is 23.6 Å². The lowest BCUT2D eigenvalue weighted by atomic mass is 9.87. The van der Waals surface area contributed by atoms with Crippen molar-refractivity contribution in [2.24, 2.45) is 0 Å². The van der Waals surface area contributed by atoms with Gasteiger partial charge in [-0.15, -0.1) is 0 Å². The molecule has 2 saturated heterocycles. The molecule has 2 aromatic rings. The van der Waals surface area contributed by atoms with Crippen LogP contribution < -0.4 is 16.1 Å². The van der Waals surface area contributed by atoms with Gasteiger partial charge in [0.25, 0.3) is 11.8 Å². The van der Waals surface area contributed by atoms with Crippen molar-refractivity contribution in [1.82, 2.24) is 25.6 Å². The molecule has 2 fully saturated rings. The molecule has 0 unspecified atom stereocenters. The Morgan fingerprint density at radius 2 is 1.58 bits per heavy atom. The Balaban J connectivity index is 1.25. The Labute approximate surface area is 208 Å². The number of carbonyl (C=O) groups excluding carboxylic acids is 4. The fourth-order valence-corrected chi connectivity index (χ4v) is 4.48. The third-order valence-electron chi connectivity index (χ3n) is 6.43. The van der Waals surface area contributed by atoms with E-state index < -0.39 is 29.2 Å². The topological polar surface area (TPSA) is 114 Å². The summed E-state index contributed by atoms with van der Waals surface area (Å²) in [4.78, 5) is 54.4. The van der Waals surface area contributed by atoms with E-state index >= 15 is 0 Å². The summed E-state index contributed by atoms with van der Waals surface area (Å²) < 4.78 is 13.3. The van der Waals surface area contributed by atoms with Crippen molar-refractivity contribution in [3.8, 4) is 0 Å². The maximum Gasteiger partial charge on any atom is 0.344 e. The number of benzene rings is 2. The van der Waals surface area contributed by atoms with Gasteiger partial charge in [0.05, 0.1) is 13.1 Å². The summed E-state index contributed by atoms with van der Waals surface area (Å²) in [5.41, 5.74) is 2.27. The van der Waals surface area contributed by atoms with Gasteiger partial charge in [0, 0.05) is 31.9 Å². The Kier molecular flexibility index (Phi) is 7.61. The smallest absolute Gasteiger partial charge is 0.325 e. The van der Waals surface area contributed by atoms with Gasteiger partial charge in [-0.1, -0.05) is 43.3 Å². The lowest BCUT2D eigenvalue weighted by molar-refractivity contribution is -0.140. The first kappa shape index (κ1) is 25.3. The van der Waals surface area contributed by atoms with Crippen LogP contribution in [0.3, 0.4) is 0 Å². The molecule has 10 nitrogen and oxygen atoms in total. The summed E-state index contributed by atoms with van der Waals surface area (Å²) in [7, 11) is 0. The van der Waals surface area contributed by atoms with Crippen molar-refractivity contribution in [3.63, 3.8) is 0 Å². The van der Waals surface area contributed by atoms with Crippen LogP contribution in [0.25, 0.3) is 0 Å². The molecule has 0 bridgehead atoms. The minimum atomic E-state index is -1.22. The van der Waals surface area contributed by atoms with Crippen molar-refractivity contribution >= 4 is 29.4 Å². The number of piperazine rings is 1. The highest BCUT2D eigenvalue weighted by atomic mass is 19.1. The number of nitrogens with zero attached hydrogens (tertiary/aromatic N) is 3. The third kappa shape index (κ3) is 5.52. The van der Waals surface area contributed by atoms with Crippen LogP contribution in [0.4, 0.5) is 14.9 Å². The fourth-order valence-electron chi connectivity index (χ4n) is 4.48. The summed E-state index contributed by atoms with van der Waals surface area (Å²) in [6, 6.07) is 14.0. The zero-order chi connectivity index (χ0) is 25.7. The Morgan fingerprint density at radius 1 is 0.944 bits per heavy atom. The minimum Gasteiger partial charge on any atom is -0.325 e. The first-order valence-corrected chi connectivity index (χ1v) is 11.8. The van der Waals surface area contributed by atoms with Gasteiger partial charge in [0.15, 0.2) is 0 Å². The quantitative estimate of drug-likeness (QED) is 0.475. The fraction of sp³-hybridized carbons (Fsp3) is 0.360. The van der Waals surface area contributed by atoms with E-state index in [2.05, 4.69) is 16.1 Å². The average molecular weight is 497 g/mol. The van der Waals surface area contributed by atoms with Gasteiger partial charge in [0.1, 0.15) is 11.4 Å². The van der Waals surface area contributed by atoms with Gasteiger partial charge in [-0.3, -0.25) is 29.6 Å². The molecule has 2 heterocycles. The number of hydrazine groups is 1. The average Bonchev–Trinajstić information content (AvgIpc) is 3.11. The Bertz CT molecular complexity index is 1140. The van der Waals surface area contributed by atoms with E-state index in [1.54, 1.807) is 37.3 Å². The minimum absolute atomic E-state index is 0.00481. The number of nitrogens with one attached hydrogen (secondary N) is 3. The van der Waals surface area contributed by atoms with Crippen LogP contribution in [0, 0.1) is 5.82 Å². The molecular weight excluding hydrogens is 467 g/mol. The van der Waals surface area contributed by atoms with Gasteiger partial charge < -0.3 is 10.6 Å². The second-order valence-corrected chi connectivity index (χ2v) is 8.84. The standard InChI is InChI=1S/C25H29FN6O4/c1-2-25(18-7-4-3-5-8-18)23(35)32(24(36)28-25)29-22(34)17-31-13-11-30(12-14-31)16-21(33)27-20-10-6-9-19(26)15-20/h3-10,15H,2,11-14,16-17H2,1H3,(H,27,33)(H,28,36)(H,29,34)/t25-/m1/s1.